The van der Waals surface area contributed by atoms with E-state index in [2.05, 4.69) is 10.1 Å². The first-order valence-corrected chi connectivity index (χ1v) is 5.39. The van der Waals surface area contributed by atoms with Gasteiger partial charge in [0, 0.05) is 0 Å². The van der Waals surface area contributed by atoms with Crippen molar-refractivity contribution in [3.05, 3.63) is 29.3 Å². The second-order valence-electron chi connectivity index (χ2n) is 4.14. The van der Waals surface area contributed by atoms with Gasteiger partial charge in [-0.25, -0.2) is 13.6 Å². The molecule has 0 saturated carbocycles. The van der Waals surface area contributed by atoms with E-state index in [1.807, 2.05) is 0 Å². The van der Waals surface area contributed by atoms with E-state index in [1.54, 1.807) is 19.1 Å². The van der Waals surface area contributed by atoms with Crippen molar-refractivity contribution in [1.29, 1.82) is 0 Å². The van der Waals surface area contributed by atoms with Gasteiger partial charge in [-0.3, -0.25) is 0 Å². The van der Waals surface area contributed by atoms with Crippen molar-refractivity contribution in [2.24, 2.45) is 0 Å². The Hall–Kier alpha value is -1.85. The summed E-state index contributed by atoms with van der Waals surface area (Å²) in [5.41, 5.74) is 1.06. The number of hydrogen-bond acceptors (Lipinski definition) is 3. The fourth-order valence-electron chi connectivity index (χ4n) is 1.92. The molecule has 0 aliphatic carbocycles. The third-order valence-corrected chi connectivity index (χ3v) is 2.83. The molecule has 1 aliphatic rings. The third kappa shape index (κ3) is 2.23. The number of halogens is 2. The van der Waals surface area contributed by atoms with E-state index in [0.29, 0.717) is 11.3 Å². The van der Waals surface area contributed by atoms with Gasteiger partial charge in [0.1, 0.15) is 11.8 Å². The number of ether oxygens (including phenoxy) is 2. The lowest BCUT2D eigenvalue weighted by Gasteiger charge is -2.32. The van der Waals surface area contributed by atoms with Gasteiger partial charge >= 0.3 is 12.0 Å². The summed E-state index contributed by atoms with van der Waals surface area (Å²) in [4.78, 5) is 11.1. The molecule has 0 aromatic heterocycles. The molecule has 1 atom stereocenters. The fourth-order valence-corrected chi connectivity index (χ4v) is 1.92. The summed E-state index contributed by atoms with van der Waals surface area (Å²) in [6.45, 7) is 0.843. The highest BCUT2D eigenvalue weighted by Gasteiger charge is 2.46. The number of alkyl halides is 2. The number of nitrogens with one attached hydrogen (secondary N) is 1. The number of rotatable bonds is 2. The summed E-state index contributed by atoms with van der Waals surface area (Å²) in [6, 6.07) is 3.31. The molecular weight excluding hydrogens is 244 g/mol. The van der Waals surface area contributed by atoms with Crippen LogP contribution < -0.4 is 10.1 Å². The maximum atomic E-state index is 13.7. The minimum absolute atomic E-state index is 0.329. The molecule has 4 nitrogen and oxygen atoms in total. The van der Waals surface area contributed by atoms with Crippen LogP contribution in [0.1, 0.15) is 17.2 Å². The van der Waals surface area contributed by atoms with E-state index in [9.17, 15) is 13.6 Å². The van der Waals surface area contributed by atoms with Crippen LogP contribution in [0.3, 0.4) is 0 Å². The second-order valence-corrected chi connectivity index (χ2v) is 4.14. The Bertz CT molecular complexity index is 476. The lowest BCUT2D eigenvalue weighted by molar-refractivity contribution is -0.104. The van der Waals surface area contributed by atoms with E-state index in [-0.39, 0.29) is 0 Å². The average molecular weight is 257 g/mol. The predicted molar refractivity (Wildman–Crippen MR) is 59.9 cm³/mol. The van der Waals surface area contributed by atoms with Crippen molar-refractivity contribution in [2.75, 3.05) is 13.7 Å². The first-order chi connectivity index (χ1) is 8.44. The third-order valence-electron chi connectivity index (χ3n) is 2.83. The summed E-state index contributed by atoms with van der Waals surface area (Å²) in [7, 11) is 1.51. The Labute approximate surface area is 103 Å². The van der Waals surface area contributed by atoms with Gasteiger partial charge in [-0.15, -0.1) is 0 Å². The van der Waals surface area contributed by atoms with Crippen molar-refractivity contribution in [3.8, 4) is 5.75 Å². The van der Waals surface area contributed by atoms with Crippen LogP contribution >= 0.6 is 0 Å². The van der Waals surface area contributed by atoms with Crippen LogP contribution in [0.4, 0.5) is 13.6 Å². The molecule has 1 heterocycles. The van der Waals surface area contributed by atoms with Crippen molar-refractivity contribution < 1.29 is 23.0 Å². The molecule has 1 amide bonds. The first-order valence-electron chi connectivity index (χ1n) is 5.39. The van der Waals surface area contributed by atoms with E-state index in [0.717, 1.165) is 5.56 Å². The molecule has 0 unspecified atom stereocenters. The average Bonchev–Trinajstić information content (AvgIpc) is 2.32. The quantitative estimate of drug-likeness (QED) is 0.885. The first kappa shape index (κ1) is 12.6. The predicted octanol–water partition coefficient (Wildman–Crippen LogP) is 2.42. The van der Waals surface area contributed by atoms with Crippen LogP contribution in [0.2, 0.25) is 0 Å². The van der Waals surface area contributed by atoms with Crippen molar-refractivity contribution in [2.45, 2.75) is 18.9 Å². The number of methoxy groups -OCH3 is 1. The Morgan fingerprint density at radius 3 is 2.83 bits per heavy atom. The van der Waals surface area contributed by atoms with Gasteiger partial charge in [-0.2, -0.15) is 0 Å². The number of carbonyl (C=O) groups is 1. The molecule has 98 valence electrons. The molecule has 1 aliphatic heterocycles. The number of amides is 1. The lowest BCUT2D eigenvalue weighted by atomic mass is 9.98. The summed E-state index contributed by atoms with van der Waals surface area (Å²) >= 11 is 0. The zero-order valence-electron chi connectivity index (χ0n) is 10.00. The topological polar surface area (TPSA) is 47.6 Å². The van der Waals surface area contributed by atoms with E-state index in [1.165, 1.54) is 13.2 Å². The molecule has 1 saturated heterocycles. The van der Waals surface area contributed by atoms with Gasteiger partial charge in [0.15, 0.2) is 6.61 Å². The molecule has 2 rings (SSSR count). The molecule has 0 bridgehead atoms. The molecule has 0 spiro atoms. The smallest absolute Gasteiger partial charge is 0.408 e. The van der Waals surface area contributed by atoms with Gasteiger partial charge < -0.3 is 14.8 Å². The maximum Gasteiger partial charge on any atom is 0.408 e. The van der Waals surface area contributed by atoms with Crippen LogP contribution in [0.5, 0.6) is 5.75 Å². The highest BCUT2D eigenvalue weighted by atomic mass is 19.3. The van der Waals surface area contributed by atoms with Gasteiger partial charge in [0.2, 0.25) is 0 Å². The minimum atomic E-state index is -3.13. The number of hydrogen-bond donors (Lipinski definition) is 1. The van der Waals surface area contributed by atoms with Crippen LogP contribution in [0.15, 0.2) is 18.2 Å². The fraction of sp³-hybridized carbons (Fsp3) is 0.417. The summed E-state index contributed by atoms with van der Waals surface area (Å²) in [6.07, 6.45) is -0.834. The molecule has 1 N–H and O–H groups in total. The van der Waals surface area contributed by atoms with E-state index in [4.69, 9.17) is 4.74 Å². The van der Waals surface area contributed by atoms with Gasteiger partial charge in [-0.05, 0) is 24.1 Å². The van der Waals surface area contributed by atoms with Crippen molar-refractivity contribution >= 4 is 6.09 Å². The Morgan fingerprint density at radius 1 is 1.50 bits per heavy atom. The molecule has 1 aromatic carbocycles. The zero-order chi connectivity index (χ0) is 13.3. The molecule has 18 heavy (non-hydrogen) atoms. The standard InChI is InChI=1S/C12H13F2NO3/c1-7-5-8(3-4-9(7)17-2)10-12(13,14)6-18-11(16)15-10/h3-5,10H,6H2,1-2H3,(H,15,16)/t10-/m1/s1. The highest BCUT2D eigenvalue weighted by molar-refractivity contribution is 5.69. The number of benzene rings is 1. The minimum Gasteiger partial charge on any atom is -0.496 e. The monoisotopic (exact) mass is 257 g/mol. The Balaban J connectivity index is 2.34. The molecular formula is C12H13F2NO3. The Kier molecular flexibility index (Phi) is 3.11. The number of carbonyl (C=O) groups excluding carboxylic acids is 1. The van der Waals surface area contributed by atoms with E-state index < -0.39 is 24.7 Å². The van der Waals surface area contributed by atoms with Gasteiger partial charge in [-0.1, -0.05) is 12.1 Å². The summed E-state index contributed by atoms with van der Waals surface area (Å²) < 4.78 is 36.7. The molecule has 1 aromatic rings. The maximum absolute atomic E-state index is 13.7. The van der Waals surface area contributed by atoms with E-state index >= 15 is 0 Å². The van der Waals surface area contributed by atoms with Gasteiger partial charge in [0.25, 0.3) is 0 Å². The van der Waals surface area contributed by atoms with Crippen LogP contribution in [-0.2, 0) is 4.74 Å². The highest BCUT2D eigenvalue weighted by Crippen LogP contribution is 2.35. The summed E-state index contributed by atoms with van der Waals surface area (Å²) in [5, 5.41) is 2.14. The molecule has 1 fully saturated rings. The van der Waals surface area contributed by atoms with Crippen LogP contribution in [-0.4, -0.2) is 25.7 Å². The second kappa shape index (κ2) is 4.44. The molecule has 0 radical (unpaired) electrons. The van der Waals surface area contributed by atoms with Crippen molar-refractivity contribution in [3.63, 3.8) is 0 Å². The normalized spacial score (nSPS) is 22.0. The zero-order valence-corrected chi connectivity index (χ0v) is 10.00. The Morgan fingerprint density at radius 2 is 2.22 bits per heavy atom. The SMILES string of the molecule is COc1ccc([C@H]2NC(=O)OCC2(F)F)cc1C. The lowest BCUT2D eigenvalue weighted by Crippen LogP contribution is -2.49. The molecule has 6 heteroatoms. The summed E-state index contributed by atoms with van der Waals surface area (Å²) in [5.74, 6) is -2.52. The van der Waals surface area contributed by atoms with Gasteiger partial charge in [0.05, 0.1) is 7.11 Å². The largest absolute Gasteiger partial charge is 0.496 e. The number of alkyl carbamates (subject to hydrolysis) is 1. The van der Waals surface area contributed by atoms with Crippen LogP contribution in [0, 0.1) is 6.92 Å². The van der Waals surface area contributed by atoms with Crippen LogP contribution in [0.25, 0.3) is 0 Å². The number of cyclic esters (lactones) is 1. The van der Waals surface area contributed by atoms with Crippen molar-refractivity contribution in [1.82, 2.24) is 5.32 Å². The number of aryl methyl sites for hydroxylation is 1.